The molecule has 1 aromatic carbocycles. The first kappa shape index (κ1) is 12.8. The van der Waals surface area contributed by atoms with E-state index < -0.39 is 0 Å². The van der Waals surface area contributed by atoms with Gasteiger partial charge in [0.2, 0.25) is 5.88 Å². The van der Waals surface area contributed by atoms with Gasteiger partial charge in [-0.15, -0.1) is 0 Å². The summed E-state index contributed by atoms with van der Waals surface area (Å²) in [4.78, 5) is 20.2. The van der Waals surface area contributed by atoms with Crippen LogP contribution < -0.4 is 4.74 Å². The fourth-order valence-corrected chi connectivity index (χ4v) is 2.61. The van der Waals surface area contributed by atoms with Crippen LogP contribution in [0.5, 0.6) is 5.88 Å². The van der Waals surface area contributed by atoms with Crippen LogP contribution in [0.2, 0.25) is 0 Å². The first-order valence-corrected chi connectivity index (χ1v) is 6.76. The molecule has 1 aromatic heterocycles. The van der Waals surface area contributed by atoms with Crippen LogP contribution in [0.15, 0.2) is 30.6 Å². The van der Waals surface area contributed by atoms with E-state index in [0.717, 1.165) is 18.4 Å². The van der Waals surface area contributed by atoms with Gasteiger partial charge in [-0.3, -0.25) is 4.79 Å². The fraction of sp³-hybridized carbons (Fsp3) is 0.312. The molecule has 1 heterocycles. The van der Waals surface area contributed by atoms with E-state index in [2.05, 4.69) is 22.1 Å². The first-order chi connectivity index (χ1) is 9.76. The van der Waals surface area contributed by atoms with Crippen LogP contribution in [-0.4, -0.2) is 22.9 Å². The van der Waals surface area contributed by atoms with E-state index in [1.54, 1.807) is 6.07 Å². The van der Waals surface area contributed by atoms with Crippen molar-refractivity contribution in [2.75, 3.05) is 7.11 Å². The smallest absolute Gasteiger partial charge is 0.216 e. The maximum absolute atomic E-state index is 12.2. The average Bonchev–Trinajstić information content (AvgIpc) is 2.95. The van der Waals surface area contributed by atoms with Crippen LogP contribution in [-0.2, 0) is 19.3 Å². The molecule has 1 aliphatic carbocycles. The molecule has 2 aromatic rings. The number of carbonyl (C=O) groups is 1. The van der Waals surface area contributed by atoms with Gasteiger partial charge in [-0.1, -0.05) is 18.2 Å². The molecule has 4 nitrogen and oxygen atoms in total. The quantitative estimate of drug-likeness (QED) is 0.799. The van der Waals surface area contributed by atoms with Gasteiger partial charge in [0.15, 0.2) is 5.78 Å². The zero-order valence-corrected chi connectivity index (χ0v) is 11.4. The molecule has 0 N–H and O–H groups in total. The normalized spacial score (nSPS) is 13.1. The lowest BCUT2D eigenvalue weighted by atomic mass is 10.0. The number of fused-ring (bicyclic) bond motifs is 1. The summed E-state index contributed by atoms with van der Waals surface area (Å²) in [7, 11) is 1.52. The van der Waals surface area contributed by atoms with E-state index in [4.69, 9.17) is 4.74 Å². The number of aryl methyl sites for hydroxylation is 2. The Labute approximate surface area is 117 Å². The lowest BCUT2D eigenvalue weighted by Crippen LogP contribution is -2.07. The Morgan fingerprint density at radius 2 is 2.05 bits per heavy atom. The number of rotatable bonds is 4. The van der Waals surface area contributed by atoms with Crippen molar-refractivity contribution in [3.05, 3.63) is 53.0 Å². The maximum Gasteiger partial charge on any atom is 0.216 e. The summed E-state index contributed by atoms with van der Waals surface area (Å²) >= 11 is 0. The highest BCUT2D eigenvalue weighted by Crippen LogP contribution is 2.23. The highest BCUT2D eigenvalue weighted by molar-refractivity contribution is 5.95. The Bertz CT molecular complexity index is 653. The predicted molar refractivity (Wildman–Crippen MR) is 75.1 cm³/mol. The summed E-state index contributed by atoms with van der Waals surface area (Å²) in [6, 6.07) is 7.92. The largest absolute Gasteiger partial charge is 0.481 e. The fourth-order valence-electron chi connectivity index (χ4n) is 2.61. The molecule has 0 spiro atoms. The van der Waals surface area contributed by atoms with Gasteiger partial charge >= 0.3 is 0 Å². The number of methoxy groups -OCH3 is 1. The second-order valence-corrected chi connectivity index (χ2v) is 5.00. The Hall–Kier alpha value is -2.23. The SMILES string of the molecule is COc1cc(C(=O)Cc2ccc3c(c2)CCC3)ncn1. The molecule has 4 heteroatoms. The number of benzene rings is 1. The molecule has 3 rings (SSSR count). The van der Waals surface area contributed by atoms with Gasteiger partial charge in [0, 0.05) is 12.5 Å². The third-order valence-corrected chi connectivity index (χ3v) is 3.66. The lowest BCUT2D eigenvalue weighted by molar-refractivity contribution is 0.0987. The van der Waals surface area contributed by atoms with Crippen molar-refractivity contribution in [2.24, 2.45) is 0 Å². The average molecular weight is 268 g/mol. The van der Waals surface area contributed by atoms with Gasteiger partial charge in [-0.05, 0) is 36.0 Å². The number of carbonyl (C=O) groups excluding carboxylic acids is 1. The van der Waals surface area contributed by atoms with Crippen molar-refractivity contribution < 1.29 is 9.53 Å². The minimum Gasteiger partial charge on any atom is -0.481 e. The van der Waals surface area contributed by atoms with Crippen LogP contribution in [0.1, 0.15) is 33.6 Å². The van der Waals surface area contributed by atoms with Crippen LogP contribution in [0.25, 0.3) is 0 Å². The molecule has 0 saturated carbocycles. The van der Waals surface area contributed by atoms with Gasteiger partial charge in [0.25, 0.3) is 0 Å². The van der Waals surface area contributed by atoms with Crippen LogP contribution >= 0.6 is 0 Å². The number of hydrogen-bond acceptors (Lipinski definition) is 4. The van der Waals surface area contributed by atoms with Crippen molar-refractivity contribution in [3.8, 4) is 5.88 Å². The van der Waals surface area contributed by atoms with Gasteiger partial charge in [-0.2, -0.15) is 0 Å². The second kappa shape index (κ2) is 5.41. The Morgan fingerprint density at radius 3 is 2.90 bits per heavy atom. The number of ketones is 1. The molecule has 0 bridgehead atoms. The number of hydrogen-bond donors (Lipinski definition) is 0. The molecule has 1 aliphatic rings. The Balaban J connectivity index is 1.78. The highest BCUT2D eigenvalue weighted by atomic mass is 16.5. The van der Waals surface area contributed by atoms with E-state index in [-0.39, 0.29) is 5.78 Å². The molecule has 0 unspecified atom stereocenters. The van der Waals surface area contributed by atoms with E-state index in [1.807, 2.05) is 6.07 Å². The number of nitrogens with zero attached hydrogens (tertiary/aromatic N) is 2. The second-order valence-electron chi connectivity index (χ2n) is 5.00. The lowest BCUT2D eigenvalue weighted by Gasteiger charge is -2.05. The van der Waals surface area contributed by atoms with Gasteiger partial charge in [0.1, 0.15) is 12.0 Å². The van der Waals surface area contributed by atoms with Crippen molar-refractivity contribution in [3.63, 3.8) is 0 Å². The summed E-state index contributed by atoms with van der Waals surface area (Å²) in [5.74, 6) is 0.404. The highest BCUT2D eigenvalue weighted by Gasteiger charge is 2.14. The minimum atomic E-state index is -0.0105. The summed E-state index contributed by atoms with van der Waals surface area (Å²) in [6.45, 7) is 0. The minimum absolute atomic E-state index is 0.0105. The first-order valence-electron chi connectivity index (χ1n) is 6.76. The third-order valence-electron chi connectivity index (χ3n) is 3.66. The van der Waals surface area contributed by atoms with Crippen molar-refractivity contribution >= 4 is 5.78 Å². The van der Waals surface area contributed by atoms with E-state index >= 15 is 0 Å². The van der Waals surface area contributed by atoms with E-state index in [0.29, 0.717) is 18.0 Å². The Kier molecular flexibility index (Phi) is 3.46. The standard InChI is InChI=1S/C16H16N2O2/c1-20-16-9-14(17-10-18-16)15(19)8-11-5-6-12-3-2-4-13(12)7-11/h5-7,9-10H,2-4,8H2,1H3. The molecular formula is C16H16N2O2. The van der Waals surface area contributed by atoms with Gasteiger partial charge in [-0.25, -0.2) is 9.97 Å². The van der Waals surface area contributed by atoms with Crippen LogP contribution in [0, 0.1) is 0 Å². The van der Waals surface area contributed by atoms with Crippen LogP contribution in [0.4, 0.5) is 0 Å². The summed E-state index contributed by atoms with van der Waals surface area (Å²) in [6.07, 6.45) is 5.23. The molecule has 0 radical (unpaired) electrons. The topological polar surface area (TPSA) is 52.1 Å². The molecule has 0 fully saturated rings. The van der Waals surface area contributed by atoms with Crippen molar-refractivity contribution in [2.45, 2.75) is 25.7 Å². The van der Waals surface area contributed by atoms with E-state index in [1.165, 1.54) is 31.0 Å². The van der Waals surface area contributed by atoms with E-state index in [9.17, 15) is 4.79 Å². The summed E-state index contributed by atoms with van der Waals surface area (Å²) < 4.78 is 5.01. The third kappa shape index (κ3) is 2.54. The number of ether oxygens (including phenoxy) is 1. The summed E-state index contributed by atoms with van der Waals surface area (Å²) in [5.41, 5.74) is 4.26. The summed E-state index contributed by atoms with van der Waals surface area (Å²) in [5, 5.41) is 0. The predicted octanol–water partition coefficient (Wildman–Crippen LogP) is 2.40. The van der Waals surface area contributed by atoms with Crippen LogP contribution in [0.3, 0.4) is 0 Å². The number of Topliss-reactive ketones (excluding diaryl/α,β-unsaturated/α-hetero) is 1. The monoisotopic (exact) mass is 268 g/mol. The van der Waals surface area contributed by atoms with Crippen molar-refractivity contribution in [1.29, 1.82) is 0 Å². The maximum atomic E-state index is 12.2. The molecule has 0 amide bonds. The molecular weight excluding hydrogens is 252 g/mol. The molecule has 0 aliphatic heterocycles. The molecule has 20 heavy (non-hydrogen) atoms. The van der Waals surface area contributed by atoms with Gasteiger partial charge < -0.3 is 4.74 Å². The molecule has 0 atom stereocenters. The number of aromatic nitrogens is 2. The van der Waals surface area contributed by atoms with Gasteiger partial charge in [0.05, 0.1) is 7.11 Å². The molecule has 0 saturated heterocycles. The zero-order valence-electron chi connectivity index (χ0n) is 11.4. The zero-order chi connectivity index (χ0) is 13.9. The Morgan fingerprint density at radius 1 is 1.20 bits per heavy atom. The molecule has 102 valence electrons. The van der Waals surface area contributed by atoms with Crippen molar-refractivity contribution in [1.82, 2.24) is 9.97 Å².